The van der Waals surface area contributed by atoms with Crippen LogP contribution < -0.4 is 16.0 Å². The molecule has 1 aliphatic heterocycles. The van der Waals surface area contributed by atoms with Crippen LogP contribution in [-0.2, 0) is 9.53 Å². The Morgan fingerprint density at radius 3 is 2.71 bits per heavy atom. The second kappa shape index (κ2) is 9.43. The zero-order valence-corrected chi connectivity index (χ0v) is 17.3. The first-order chi connectivity index (χ1) is 13.2. The van der Waals surface area contributed by atoms with Crippen LogP contribution in [0, 0.1) is 0 Å². The van der Waals surface area contributed by atoms with E-state index in [0.29, 0.717) is 32.0 Å². The zero-order chi connectivity index (χ0) is 20.7. The molecular weight excluding hydrogens is 358 g/mol. The Morgan fingerprint density at radius 1 is 1.32 bits per heavy atom. The summed E-state index contributed by atoms with van der Waals surface area (Å²) in [7, 11) is 3.39. The number of guanidine groups is 1. The fraction of sp³-hybridized carbons (Fsp3) is 0.550. The molecule has 154 valence electrons. The molecule has 1 aromatic carbocycles. The van der Waals surface area contributed by atoms with Gasteiger partial charge in [-0.25, -0.2) is 4.79 Å². The van der Waals surface area contributed by atoms with Gasteiger partial charge in [-0.15, -0.1) is 0 Å². The number of nitrogens with zero attached hydrogens (tertiary/aromatic N) is 2. The second-order valence-corrected chi connectivity index (χ2v) is 7.82. The van der Waals surface area contributed by atoms with E-state index in [0.717, 1.165) is 11.3 Å². The van der Waals surface area contributed by atoms with E-state index in [-0.39, 0.29) is 17.9 Å². The second-order valence-electron chi connectivity index (χ2n) is 7.82. The van der Waals surface area contributed by atoms with Crippen LogP contribution in [0.5, 0.6) is 0 Å². The highest BCUT2D eigenvalue weighted by Crippen LogP contribution is 2.31. The van der Waals surface area contributed by atoms with Crippen LogP contribution in [0.2, 0.25) is 0 Å². The van der Waals surface area contributed by atoms with Crippen LogP contribution in [-0.4, -0.2) is 62.2 Å². The van der Waals surface area contributed by atoms with Gasteiger partial charge in [0, 0.05) is 51.8 Å². The maximum Gasteiger partial charge on any atom is 0.410 e. The van der Waals surface area contributed by atoms with Crippen molar-refractivity contribution in [1.29, 1.82) is 0 Å². The fourth-order valence-corrected chi connectivity index (χ4v) is 2.90. The Morgan fingerprint density at radius 2 is 2.04 bits per heavy atom. The van der Waals surface area contributed by atoms with E-state index in [9.17, 15) is 9.59 Å². The Kier molecular flexibility index (Phi) is 7.25. The number of amides is 2. The Hall–Kier alpha value is -2.77. The number of hydrogen-bond donors (Lipinski definition) is 3. The molecule has 0 radical (unpaired) electrons. The molecule has 1 heterocycles. The van der Waals surface area contributed by atoms with E-state index in [1.54, 1.807) is 14.1 Å². The number of fused-ring (bicyclic) bond motifs is 1. The van der Waals surface area contributed by atoms with Gasteiger partial charge in [0.15, 0.2) is 5.96 Å². The number of aliphatic imine (C=N–C) groups is 1. The largest absolute Gasteiger partial charge is 0.444 e. The van der Waals surface area contributed by atoms with E-state index in [4.69, 9.17) is 4.74 Å². The van der Waals surface area contributed by atoms with E-state index in [2.05, 4.69) is 20.9 Å². The minimum Gasteiger partial charge on any atom is -0.444 e. The highest BCUT2D eigenvalue weighted by molar-refractivity contribution is 5.94. The molecule has 3 N–H and O–H groups in total. The van der Waals surface area contributed by atoms with Gasteiger partial charge in [0.1, 0.15) is 5.60 Å². The van der Waals surface area contributed by atoms with E-state index in [1.807, 2.05) is 45.0 Å². The van der Waals surface area contributed by atoms with Gasteiger partial charge < -0.3 is 25.6 Å². The summed E-state index contributed by atoms with van der Waals surface area (Å²) in [6.45, 7) is 7.11. The lowest BCUT2D eigenvalue weighted by Gasteiger charge is -2.27. The molecule has 8 nitrogen and oxygen atoms in total. The van der Waals surface area contributed by atoms with Gasteiger partial charge in [0.2, 0.25) is 5.91 Å². The summed E-state index contributed by atoms with van der Waals surface area (Å²) in [6.07, 6.45) is 0.0737. The molecule has 1 aromatic rings. The normalized spacial score (nSPS) is 16.7. The van der Waals surface area contributed by atoms with Gasteiger partial charge in [-0.2, -0.15) is 0 Å². The quantitative estimate of drug-likeness (QED) is 0.530. The standard InChI is InChI=1S/C20H31N5O3/c1-20(2,3)28-19(27)25(5)11-10-22-18(21-4)23-13-14-12-17(26)24-16-9-7-6-8-15(14)16/h6-9,14H,10-13H2,1-5H3,(H,24,26)(H2,21,22,23). The maximum absolute atomic E-state index is 12.0. The molecule has 0 spiro atoms. The molecule has 0 fully saturated rings. The number of carbonyl (C=O) groups is 2. The fourth-order valence-electron chi connectivity index (χ4n) is 2.90. The number of hydrogen-bond acceptors (Lipinski definition) is 4. The number of ether oxygens (including phenoxy) is 1. The van der Waals surface area contributed by atoms with Crippen molar-refractivity contribution < 1.29 is 14.3 Å². The van der Waals surface area contributed by atoms with Crippen LogP contribution in [0.15, 0.2) is 29.3 Å². The predicted octanol–water partition coefficient (Wildman–Crippen LogP) is 2.14. The molecule has 0 bridgehead atoms. The number of benzene rings is 1. The summed E-state index contributed by atoms with van der Waals surface area (Å²) in [4.78, 5) is 29.6. The van der Waals surface area contributed by atoms with Crippen LogP contribution in [0.4, 0.5) is 10.5 Å². The minimum atomic E-state index is -0.515. The van der Waals surface area contributed by atoms with Gasteiger partial charge in [-0.05, 0) is 32.4 Å². The molecule has 1 unspecified atom stereocenters. The van der Waals surface area contributed by atoms with Crippen molar-refractivity contribution in [2.24, 2.45) is 4.99 Å². The van der Waals surface area contributed by atoms with Gasteiger partial charge in [0.25, 0.3) is 0 Å². The lowest BCUT2D eigenvalue weighted by molar-refractivity contribution is -0.116. The summed E-state index contributed by atoms with van der Waals surface area (Å²) in [5.41, 5.74) is 1.47. The Bertz CT molecular complexity index is 727. The predicted molar refractivity (Wildman–Crippen MR) is 111 cm³/mol. The number of nitrogens with one attached hydrogen (secondary N) is 3. The van der Waals surface area contributed by atoms with Crippen molar-refractivity contribution in [3.63, 3.8) is 0 Å². The summed E-state index contributed by atoms with van der Waals surface area (Å²) in [5.74, 6) is 0.724. The SMILES string of the molecule is CN=C(NCCN(C)C(=O)OC(C)(C)C)NCC1CC(=O)Nc2ccccc21. The molecule has 28 heavy (non-hydrogen) atoms. The van der Waals surface area contributed by atoms with Crippen molar-refractivity contribution in [3.05, 3.63) is 29.8 Å². The summed E-state index contributed by atoms with van der Waals surface area (Å²) >= 11 is 0. The van der Waals surface area contributed by atoms with Crippen molar-refractivity contribution in [2.45, 2.75) is 38.7 Å². The van der Waals surface area contributed by atoms with Crippen LogP contribution >= 0.6 is 0 Å². The smallest absolute Gasteiger partial charge is 0.410 e. The molecule has 0 saturated heterocycles. The number of likely N-dealkylation sites (N-methyl/N-ethyl adjacent to an activating group) is 1. The van der Waals surface area contributed by atoms with E-state index in [1.165, 1.54) is 4.90 Å². The average Bonchev–Trinajstić information content (AvgIpc) is 2.62. The summed E-state index contributed by atoms with van der Waals surface area (Å²) < 4.78 is 5.33. The molecule has 0 aliphatic carbocycles. The number of rotatable bonds is 5. The lowest BCUT2D eigenvalue weighted by Crippen LogP contribution is -2.44. The average molecular weight is 390 g/mol. The first-order valence-corrected chi connectivity index (χ1v) is 9.47. The van der Waals surface area contributed by atoms with E-state index >= 15 is 0 Å². The third-order valence-corrected chi connectivity index (χ3v) is 4.29. The number of para-hydroxylation sites is 1. The first kappa shape index (κ1) is 21.5. The zero-order valence-electron chi connectivity index (χ0n) is 17.3. The molecule has 1 aliphatic rings. The highest BCUT2D eigenvalue weighted by Gasteiger charge is 2.25. The number of anilines is 1. The molecule has 0 saturated carbocycles. The van der Waals surface area contributed by atoms with Crippen LogP contribution in [0.3, 0.4) is 0 Å². The third-order valence-electron chi connectivity index (χ3n) is 4.29. The molecule has 2 rings (SSSR count). The number of carbonyl (C=O) groups excluding carboxylic acids is 2. The Balaban J connectivity index is 1.81. The van der Waals surface area contributed by atoms with Crippen molar-refractivity contribution >= 4 is 23.6 Å². The van der Waals surface area contributed by atoms with Gasteiger partial charge >= 0.3 is 6.09 Å². The van der Waals surface area contributed by atoms with Crippen LogP contribution in [0.25, 0.3) is 0 Å². The van der Waals surface area contributed by atoms with Crippen LogP contribution in [0.1, 0.15) is 38.7 Å². The Labute approximate surface area is 166 Å². The highest BCUT2D eigenvalue weighted by atomic mass is 16.6. The maximum atomic E-state index is 12.0. The molecule has 2 amide bonds. The summed E-state index contributed by atoms with van der Waals surface area (Å²) in [5, 5.41) is 9.35. The van der Waals surface area contributed by atoms with Crippen molar-refractivity contribution in [3.8, 4) is 0 Å². The van der Waals surface area contributed by atoms with Crippen molar-refractivity contribution in [1.82, 2.24) is 15.5 Å². The molecule has 0 aromatic heterocycles. The molecule has 8 heteroatoms. The third kappa shape index (κ3) is 6.44. The monoisotopic (exact) mass is 389 g/mol. The van der Waals surface area contributed by atoms with Gasteiger partial charge in [0.05, 0.1) is 0 Å². The van der Waals surface area contributed by atoms with Gasteiger partial charge in [-0.3, -0.25) is 9.79 Å². The topological polar surface area (TPSA) is 95.1 Å². The van der Waals surface area contributed by atoms with E-state index < -0.39 is 5.60 Å². The summed E-state index contributed by atoms with van der Waals surface area (Å²) in [6, 6.07) is 7.84. The first-order valence-electron chi connectivity index (χ1n) is 9.47. The molecule has 1 atom stereocenters. The minimum absolute atomic E-state index is 0.0208. The van der Waals surface area contributed by atoms with Crippen molar-refractivity contribution in [2.75, 3.05) is 39.0 Å². The lowest BCUT2D eigenvalue weighted by atomic mass is 9.90. The molecular formula is C20H31N5O3. The van der Waals surface area contributed by atoms with Gasteiger partial charge in [-0.1, -0.05) is 18.2 Å².